The number of rotatable bonds is 4. The van der Waals surface area contributed by atoms with Crippen LogP contribution in [0.4, 0.5) is 10.5 Å². The SMILES string of the molecule is CCOc1ccc(NC(=O)OC(C)(C)C)cc1OC. The van der Waals surface area contributed by atoms with Crippen LogP contribution in [0.25, 0.3) is 0 Å². The molecule has 0 aromatic heterocycles. The van der Waals surface area contributed by atoms with Crippen LogP contribution in [0.2, 0.25) is 0 Å². The van der Waals surface area contributed by atoms with Crippen molar-refractivity contribution in [3.8, 4) is 11.5 Å². The molecule has 0 saturated carbocycles. The molecule has 0 fully saturated rings. The molecule has 0 aliphatic heterocycles. The van der Waals surface area contributed by atoms with Gasteiger partial charge in [-0.25, -0.2) is 4.79 Å². The molecule has 1 rings (SSSR count). The van der Waals surface area contributed by atoms with Crippen LogP contribution in [0.1, 0.15) is 27.7 Å². The molecule has 1 N–H and O–H groups in total. The maximum Gasteiger partial charge on any atom is 0.412 e. The number of methoxy groups -OCH3 is 1. The highest BCUT2D eigenvalue weighted by molar-refractivity contribution is 5.85. The number of anilines is 1. The number of hydrogen-bond donors (Lipinski definition) is 1. The third-order valence-corrected chi connectivity index (χ3v) is 2.11. The Balaban J connectivity index is 2.77. The van der Waals surface area contributed by atoms with E-state index in [1.807, 2.05) is 27.7 Å². The lowest BCUT2D eigenvalue weighted by molar-refractivity contribution is 0.0636. The fourth-order valence-corrected chi connectivity index (χ4v) is 1.44. The molecule has 106 valence electrons. The molecule has 0 aliphatic carbocycles. The van der Waals surface area contributed by atoms with Crippen LogP contribution < -0.4 is 14.8 Å². The number of amides is 1. The monoisotopic (exact) mass is 267 g/mol. The van der Waals surface area contributed by atoms with E-state index in [0.717, 1.165) is 0 Å². The van der Waals surface area contributed by atoms with Crippen molar-refractivity contribution >= 4 is 11.8 Å². The molecule has 0 atom stereocenters. The van der Waals surface area contributed by atoms with Gasteiger partial charge >= 0.3 is 6.09 Å². The van der Waals surface area contributed by atoms with Crippen molar-refractivity contribution in [1.82, 2.24) is 0 Å². The van der Waals surface area contributed by atoms with E-state index >= 15 is 0 Å². The molecule has 5 nitrogen and oxygen atoms in total. The Kier molecular flexibility index (Phi) is 5.03. The molecule has 0 radical (unpaired) electrons. The van der Waals surface area contributed by atoms with Crippen LogP contribution in [-0.2, 0) is 4.74 Å². The average Bonchev–Trinajstić information content (AvgIpc) is 2.28. The standard InChI is InChI=1S/C14H21NO4/c1-6-18-11-8-7-10(9-12(11)17-5)15-13(16)19-14(2,3)4/h7-9H,6H2,1-5H3,(H,15,16). The van der Waals surface area contributed by atoms with Gasteiger partial charge in [-0.1, -0.05) is 0 Å². The molecular formula is C14H21NO4. The van der Waals surface area contributed by atoms with Gasteiger partial charge in [0.2, 0.25) is 0 Å². The Morgan fingerprint density at radius 3 is 2.47 bits per heavy atom. The first-order chi connectivity index (χ1) is 8.85. The summed E-state index contributed by atoms with van der Waals surface area (Å²) in [6.45, 7) is 7.88. The van der Waals surface area contributed by atoms with Crippen LogP contribution in [0.5, 0.6) is 11.5 Å². The molecule has 1 amide bonds. The second-order valence-electron chi connectivity index (χ2n) is 4.93. The number of benzene rings is 1. The second kappa shape index (κ2) is 6.31. The van der Waals surface area contributed by atoms with Crippen LogP contribution in [0, 0.1) is 0 Å². The van der Waals surface area contributed by atoms with Crippen LogP contribution in [0.15, 0.2) is 18.2 Å². The summed E-state index contributed by atoms with van der Waals surface area (Å²) in [5, 5.41) is 2.65. The van der Waals surface area contributed by atoms with Gasteiger partial charge in [0, 0.05) is 11.8 Å². The third-order valence-electron chi connectivity index (χ3n) is 2.11. The summed E-state index contributed by atoms with van der Waals surface area (Å²) in [5.41, 5.74) is 0.0638. The summed E-state index contributed by atoms with van der Waals surface area (Å²) in [6, 6.07) is 5.17. The van der Waals surface area contributed by atoms with Crippen molar-refractivity contribution in [2.24, 2.45) is 0 Å². The Labute approximate surface area is 113 Å². The zero-order valence-corrected chi connectivity index (χ0v) is 12.1. The maximum absolute atomic E-state index is 11.6. The third kappa shape index (κ3) is 5.07. The van der Waals surface area contributed by atoms with E-state index in [1.165, 1.54) is 0 Å². The number of carbonyl (C=O) groups is 1. The van der Waals surface area contributed by atoms with Gasteiger partial charge in [0.15, 0.2) is 11.5 Å². The molecular weight excluding hydrogens is 246 g/mol. The normalized spacial score (nSPS) is 10.8. The van der Waals surface area contributed by atoms with Gasteiger partial charge in [-0.2, -0.15) is 0 Å². The Hall–Kier alpha value is -1.91. The van der Waals surface area contributed by atoms with Crippen LogP contribution in [0.3, 0.4) is 0 Å². The molecule has 0 saturated heterocycles. The molecule has 19 heavy (non-hydrogen) atoms. The molecule has 1 aromatic rings. The van der Waals surface area contributed by atoms with Crippen molar-refractivity contribution in [3.63, 3.8) is 0 Å². The van der Waals surface area contributed by atoms with Gasteiger partial charge in [-0.05, 0) is 39.8 Å². The summed E-state index contributed by atoms with van der Waals surface area (Å²) < 4.78 is 15.8. The van der Waals surface area contributed by atoms with Gasteiger partial charge in [0.1, 0.15) is 5.60 Å². The molecule has 0 heterocycles. The van der Waals surface area contributed by atoms with Gasteiger partial charge < -0.3 is 14.2 Å². The fraction of sp³-hybridized carbons (Fsp3) is 0.500. The van der Waals surface area contributed by atoms with Gasteiger partial charge in [-0.3, -0.25) is 5.32 Å². The van der Waals surface area contributed by atoms with Gasteiger partial charge in [0.25, 0.3) is 0 Å². The minimum Gasteiger partial charge on any atom is -0.493 e. The fourth-order valence-electron chi connectivity index (χ4n) is 1.44. The Morgan fingerprint density at radius 1 is 1.26 bits per heavy atom. The molecule has 5 heteroatoms. The van der Waals surface area contributed by atoms with E-state index in [4.69, 9.17) is 14.2 Å². The zero-order valence-electron chi connectivity index (χ0n) is 12.1. The summed E-state index contributed by atoms with van der Waals surface area (Å²) in [5.74, 6) is 1.20. The number of ether oxygens (including phenoxy) is 3. The Morgan fingerprint density at radius 2 is 1.95 bits per heavy atom. The van der Waals surface area contributed by atoms with Crippen molar-refractivity contribution in [2.75, 3.05) is 19.0 Å². The van der Waals surface area contributed by atoms with E-state index in [9.17, 15) is 4.79 Å². The number of carbonyl (C=O) groups excluding carboxylic acids is 1. The van der Waals surface area contributed by atoms with Gasteiger partial charge in [0.05, 0.1) is 13.7 Å². The summed E-state index contributed by atoms with van der Waals surface area (Å²) >= 11 is 0. The quantitative estimate of drug-likeness (QED) is 0.907. The van der Waals surface area contributed by atoms with E-state index in [-0.39, 0.29) is 0 Å². The highest BCUT2D eigenvalue weighted by Gasteiger charge is 2.16. The van der Waals surface area contributed by atoms with Crippen molar-refractivity contribution in [2.45, 2.75) is 33.3 Å². The molecule has 0 bridgehead atoms. The van der Waals surface area contributed by atoms with E-state index in [1.54, 1.807) is 25.3 Å². The van der Waals surface area contributed by atoms with E-state index in [2.05, 4.69) is 5.32 Å². The minimum absolute atomic E-state index is 0.501. The predicted octanol–water partition coefficient (Wildman–Crippen LogP) is 3.44. The molecule has 0 unspecified atom stereocenters. The zero-order chi connectivity index (χ0) is 14.5. The van der Waals surface area contributed by atoms with Crippen molar-refractivity contribution in [1.29, 1.82) is 0 Å². The predicted molar refractivity (Wildman–Crippen MR) is 74.0 cm³/mol. The lowest BCUT2D eigenvalue weighted by Gasteiger charge is -2.20. The van der Waals surface area contributed by atoms with E-state index in [0.29, 0.717) is 23.8 Å². The summed E-state index contributed by atoms with van der Waals surface area (Å²) in [7, 11) is 1.55. The van der Waals surface area contributed by atoms with Crippen LogP contribution >= 0.6 is 0 Å². The largest absolute Gasteiger partial charge is 0.493 e. The Bertz CT molecular complexity index is 438. The molecule has 0 aliphatic rings. The summed E-state index contributed by atoms with van der Waals surface area (Å²) in [4.78, 5) is 11.6. The van der Waals surface area contributed by atoms with Gasteiger partial charge in [-0.15, -0.1) is 0 Å². The maximum atomic E-state index is 11.6. The first-order valence-electron chi connectivity index (χ1n) is 6.16. The van der Waals surface area contributed by atoms with Crippen LogP contribution in [-0.4, -0.2) is 25.4 Å². The lowest BCUT2D eigenvalue weighted by Crippen LogP contribution is -2.27. The average molecular weight is 267 g/mol. The molecule has 1 aromatic carbocycles. The summed E-state index contributed by atoms with van der Waals surface area (Å²) in [6.07, 6.45) is -0.501. The smallest absolute Gasteiger partial charge is 0.412 e. The molecule has 0 spiro atoms. The number of hydrogen-bond acceptors (Lipinski definition) is 4. The first-order valence-corrected chi connectivity index (χ1v) is 6.16. The number of nitrogens with one attached hydrogen (secondary N) is 1. The topological polar surface area (TPSA) is 56.8 Å². The lowest BCUT2D eigenvalue weighted by atomic mass is 10.2. The highest BCUT2D eigenvalue weighted by atomic mass is 16.6. The second-order valence-corrected chi connectivity index (χ2v) is 4.93. The van der Waals surface area contributed by atoms with Crippen molar-refractivity contribution in [3.05, 3.63) is 18.2 Å². The highest BCUT2D eigenvalue weighted by Crippen LogP contribution is 2.30. The minimum atomic E-state index is -0.528. The van der Waals surface area contributed by atoms with E-state index < -0.39 is 11.7 Å². The van der Waals surface area contributed by atoms with Crippen molar-refractivity contribution < 1.29 is 19.0 Å². The first kappa shape index (κ1) is 15.1.